The molecule has 0 atom stereocenters. The summed E-state index contributed by atoms with van der Waals surface area (Å²) in [6, 6.07) is 2.38. The third-order valence-electron chi connectivity index (χ3n) is 1.13. The molecule has 4 heteroatoms. The lowest BCUT2D eigenvalue weighted by Crippen LogP contribution is -2.10. The summed E-state index contributed by atoms with van der Waals surface area (Å²) in [5, 5.41) is -0.00769. The Hall–Kier alpha value is -0.695. The Labute approximate surface area is 64.4 Å². The molecule has 0 fully saturated rings. The molecular weight excluding hydrogens is 151 g/mol. The molecule has 2 N–H and O–H groups in total. The Kier molecular flexibility index (Phi) is 1.86. The van der Waals surface area contributed by atoms with Gasteiger partial charge in [-0.3, -0.25) is 0 Å². The molecule has 0 aliphatic heterocycles. The molecule has 0 bridgehead atoms. The normalized spacial score (nSPS) is 9.80. The lowest BCUT2D eigenvalue weighted by molar-refractivity contribution is 0.629. The third kappa shape index (κ3) is 1.24. The summed E-state index contributed by atoms with van der Waals surface area (Å²) in [5.74, 6) is -0.548. The zero-order valence-electron chi connectivity index (χ0n) is 5.07. The van der Waals surface area contributed by atoms with Crippen LogP contribution < -0.4 is 11.2 Å². The highest BCUT2D eigenvalue weighted by Gasteiger charge is 2.00. The fourth-order valence-electron chi connectivity index (χ4n) is 0.578. The summed E-state index contributed by atoms with van der Waals surface area (Å²) in [5.41, 5.74) is 5.82. The first-order valence-electron chi connectivity index (χ1n) is 2.61. The molecule has 1 aromatic rings. The van der Waals surface area contributed by atoms with Gasteiger partial charge in [0.1, 0.15) is 13.7 Å². The first-order valence-corrected chi connectivity index (χ1v) is 2.99. The zero-order valence-corrected chi connectivity index (χ0v) is 5.82. The van der Waals surface area contributed by atoms with Crippen LogP contribution in [0.2, 0.25) is 5.02 Å². The molecule has 50 valence electrons. The second kappa shape index (κ2) is 2.50. The Morgan fingerprint density at radius 3 is 2.60 bits per heavy atom. The molecule has 0 heterocycles. The van der Waals surface area contributed by atoms with Gasteiger partial charge in [-0.15, -0.1) is 0 Å². The van der Waals surface area contributed by atoms with Gasteiger partial charge in [0.25, 0.3) is 0 Å². The van der Waals surface area contributed by atoms with Crippen molar-refractivity contribution < 1.29 is 4.39 Å². The highest BCUT2D eigenvalue weighted by Crippen LogP contribution is 2.14. The molecule has 0 unspecified atom stereocenters. The van der Waals surface area contributed by atoms with Crippen molar-refractivity contribution in [3.63, 3.8) is 0 Å². The van der Waals surface area contributed by atoms with Crippen LogP contribution in [0.3, 0.4) is 0 Å². The van der Waals surface area contributed by atoms with E-state index in [1.807, 2.05) is 0 Å². The molecule has 10 heavy (non-hydrogen) atoms. The minimum absolute atomic E-state index is 0.00769. The van der Waals surface area contributed by atoms with Crippen LogP contribution in [-0.2, 0) is 0 Å². The zero-order chi connectivity index (χ0) is 7.72. The Morgan fingerprint density at radius 2 is 2.10 bits per heavy atom. The maximum absolute atomic E-state index is 12.5. The van der Waals surface area contributed by atoms with Gasteiger partial charge in [0, 0.05) is 5.69 Å². The van der Waals surface area contributed by atoms with E-state index in [1.165, 1.54) is 6.07 Å². The first kappa shape index (κ1) is 7.41. The molecule has 0 saturated heterocycles. The predicted octanol–water partition coefficient (Wildman–Crippen LogP) is 0.855. The number of nitrogen functional groups attached to an aromatic ring is 1. The summed E-state index contributed by atoms with van der Waals surface area (Å²) in [6.45, 7) is 0. The van der Waals surface area contributed by atoms with E-state index >= 15 is 0 Å². The number of benzene rings is 1. The fourth-order valence-corrected chi connectivity index (χ4v) is 0.750. The molecule has 1 rings (SSSR count). The molecule has 1 aromatic carbocycles. The highest BCUT2D eigenvalue weighted by atomic mass is 35.5. The summed E-state index contributed by atoms with van der Waals surface area (Å²) in [6.07, 6.45) is 0. The maximum Gasteiger partial charge on any atom is 0.141 e. The lowest BCUT2D eigenvalue weighted by Gasteiger charge is -2.00. The van der Waals surface area contributed by atoms with E-state index in [4.69, 9.17) is 25.2 Å². The highest BCUT2D eigenvalue weighted by molar-refractivity contribution is 6.37. The van der Waals surface area contributed by atoms with Gasteiger partial charge in [-0.05, 0) is 12.1 Å². The van der Waals surface area contributed by atoms with E-state index in [1.54, 1.807) is 0 Å². The minimum atomic E-state index is -0.548. The van der Waals surface area contributed by atoms with E-state index in [-0.39, 0.29) is 10.5 Å². The van der Waals surface area contributed by atoms with Gasteiger partial charge in [0.15, 0.2) is 0 Å². The van der Waals surface area contributed by atoms with Crippen molar-refractivity contribution in [3.8, 4) is 0 Å². The number of halogens is 2. The third-order valence-corrected chi connectivity index (χ3v) is 1.42. The van der Waals surface area contributed by atoms with Crippen LogP contribution in [0.1, 0.15) is 0 Å². The first-order chi connectivity index (χ1) is 4.61. The standard InChI is InChI=1S/C6H4BClFN/c7-3-1-5(9)4(8)2-6(3)10/h1-2H,10H2. The van der Waals surface area contributed by atoms with E-state index in [0.29, 0.717) is 5.69 Å². The molecule has 0 aromatic heterocycles. The van der Waals surface area contributed by atoms with Crippen molar-refractivity contribution in [2.45, 2.75) is 0 Å². The maximum atomic E-state index is 12.5. The topological polar surface area (TPSA) is 26.0 Å². The smallest absolute Gasteiger partial charge is 0.141 e. The van der Waals surface area contributed by atoms with Crippen molar-refractivity contribution in [1.29, 1.82) is 0 Å². The molecule has 2 radical (unpaired) electrons. The molecule has 0 saturated carbocycles. The van der Waals surface area contributed by atoms with E-state index in [9.17, 15) is 4.39 Å². The van der Waals surface area contributed by atoms with Crippen molar-refractivity contribution in [1.82, 2.24) is 0 Å². The Morgan fingerprint density at radius 1 is 1.50 bits per heavy atom. The number of hydrogen-bond donors (Lipinski definition) is 1. The molecule has 0 aliphatic rings. The Bertz CT molecular complexity index is 214. The molecule has 0 spiro atoms. The van der Waals surface area contributed by atoms with Gasteiger partial charge in [-0.2, -0.15) is 0 Å². The van der Waals surface area contributed by atoms with Crippen molar-refractivity contribution in [3.05, 3.63) is 23.0 Å². The second-order valence-corrected chi connectivity index (χ2v) is 2.30. The van der Waals surface area contributed by atoms with Crippen LogP contribution in [0.5, 0.6) is 0 Å². The van der Waals surface area contributed by atoms with Gasteiger partial charge >= 0.3 is 0 Å². The monoisotopic (exact) mass is 155 g/mol. The van der Waals surface area contributed by atoms with Crippen LogP contribution in [0.25, 0.3) is 0 Å². The van der Waals surface area contributed by atoms with E-state index in [2.05, 4.69) is 0 Å². The summed E-state index contributed by atoms with van der Waals surface area (Å²) in [7, 11) is 5.27. The van der Waals surface area contributed by atoms with E-state index in [0.717, 1.165) is 6.07 Å². The van der Waals surface area contributed by atoms with Gasteiger partial charge in [-0.25, -0.2) is 4.39 Å². The average molecular weight is 155 g/mol. The van der Waals surface area contributed by atoms with Gasteiger partial charge in [0.2, 0.25) is 0 Å². The number of nitrogens with two attached hydrogens (primary N) is 1. The van der Waals surface area contributed by atoms with Crippen LogP contribution in [-0.4, -0.2) is 7.85 Å². The van der Waals surface area contributed by atoms with Crippen LogP contribution in [0.4, 0.5) is 10.1 Å². The van der Waals surface area contributed by atoms with Crippen molar-refractivity contribution in [2.24, 2.45) is 0 Å². The second-order valence-electron chi connectivity index (χ2n) is 1.90. The number of rotatable bonds is 0. The lowest BCUT2D eigenvalue weighted by atomic mass is 9.94. The predicted molar refractivity (Wildman–Crippen MR) is 41.2 cm³/mol. The molecule has 0 amide bonds. The van der Waals surface area contributed by atoms with E-state index < -0.39 is 5.82 Å². The van der Waals surface area contributed by atoms with Gasteiger partial charge in [0.05, 0.1) is 5.02 Å². The number of anilines is 1. The average Bonchev–Trinajstić information content (AvgIpc) is 1.84. The summed E-state index contributed by atoms with van der Waals surface area (Å²) < 4.78 is 12.5. The number of hydrogen-bond acceptors (Lipinski definition) is 1. The summed E-state index contributed by atoms with van der Waals surface area (Å²) >= 11 is 5.38. The fraction of sp³-hybridized carbons (Fsp3) is 0. The summed E-state index contributed by atoms with van der Waals surface area (Å²) in [4.78, 5) is 0. The quantitative estimate of drug-likeness (QED) is 0.436. The SMILES string of the molecule is [B]c1cc(F)c(Cl)cc1N. The largest absolute Gasteiger partial charge is 0.399 e. The minimum Gasteiger partial charge on any atom is -0.399 e. The molecule has 1 nitrogen and oxygen atoms in total. The van der Waals surface area contributed by atoms with Gasteiger partial charge in [-0.1, -0.05) is 17.1 Å². The van der Waals surface area contributed by atoms with Crippen molar-refractivity contribution >= 4 is 30.6 Å². The van der Waals surface area contributed by atoms with Crippen LogP contribution >= 0.6 is 11.6 Å². The van der Waals surface area contributed by atoms with Crippen LogP contribution in [0, 0.1) is 5.82 Å². The Balaban J connectivity index is 3.28. The van der Waals surface area contributed by atoms with Gasteiger partial charge < -0.3 is 5.73 Å². The van der Waals surface area contributed by atoms with Crippen molar-refractivity contribution in [2.75, 3.05) is 5.73 Å². The van der Waals surface area contributed by atoms with Crippen LogP contribution in [0.15, 0.2) is 12.1 Å². The molecule has 0 aliphatic carbocycles. The molecular formula is C6H4BClFN.